The van der Waals surface area contributed by atoms with Crippen LogP contribution in [0.25, 0.3) is 0 Å². The summed E-state index contributed by atoms with van der Waals surface area (Å²) in [6.07, 6.45) is -0.987. The molecule has 2 aliphatic heterocycles. The topological polar surface area (TPSA) is 28.2 Å². The predicted octanol–water partition coefficient (Wildman–Crippen LogP) is 2.71. The molecule has 2 saturated heterocycles. The second kappa shape index (κ2) is 5.41. The van der Waals surface area contributed by atoms with Crippen molar-refractivity contribution in [3.63, 3.8) is 0 Å². The Kier molecular flexibility index (Phi) is 4.16. The number of nitrogens with one attached hydrogen (secondary N) is 1. The van der Waals surface area contributed by atoms with Crippen LogP contribution in [0.15, 0.2) is 18.3 Å². The largest absolute Gasteiger partial charge is 0.435 e. The highest BCUT2D eigenvalue weighted by atomic mass is 35.5. The molecule has 112 valence electrons. The fourth-order valence-electron chi connectivity index (χ4n) is 3.10. The molecule has 0 aliphatic carbocycles. The highest BCUT2D eigenvalue weighted by molar-refractivity contribution is 5.85. The molecular formula is C13H17ClF3N3. The summed E-state index contributed by atoms with van der Waals surface area (Å²) in [4.78, 5) is 5.30. The van der Waals surface area contributed by atoms with Gasteiger partial charge >= 0.3 is 6.18 Å². The zero-order valence-electron chi connectivity index (χ0n) is 10.9. The van der Waals surface area contributed by atoms with Crippen LogP contribution < -0.4 is 10.2 Å². The Labute approximate surface area is 122 Å². The minimum atomic E-state index is -4.38. The fourth-order valence-corrected chi connectivity index (χ4v) is 3.10. The van der Waals surface area contributed by atoms with Crippen LogP contribution in [0.3, 0.4) is 0 Å². The Balaban J connectivity index is 0.00000147. The van der Waals surface area contributed by atoms with Gasteiger partial charge in [0.05, 0.1) is 5.69 Å². The number of hydrogen-bond donors (Lipinski definition) is 1. The van der Waals surface area contributed by atoms with Gasteiger partial charge in [-0.2, -0.15) is 13.2 Å². The summed E-state index contributed by atoms with van der Waals surface area (Å²) in [5.41, 5.74) is -0.392. The van der Waals surface area contributed by atoms with E-state index in [4.69, 9.17) is 0 Å². The van der Waals surface area contributed by atoms with Gasteiger partial charge in [0.25, 0.3) is 0 Å². The standard InChI is InChI=1S/C13H16F3N3.ClH/c14-13(15,16)11-10(3-1-6-18-11)19-8-12(9-19)4-2-5-17-7-12;/h1,3,6,17H,2,4-5,7-9H2;1H. The number of anilines is 1. The van der Waals surface area contributed by atoms with Crippen LogP contribution in [-0.2, 0) is 6.18 Å². The molecule has 0 amide bonds. The number of hydrogen-bond acceptors (Lipinski definition) is 3. The molecule has 0 unspecified atom stereocenters. The van der Waals surface area contributed by atoms with Gasteiger partial charge in [0.1, 0.15) is 0 Å². The Morgan fingerprint density at radius 2 is 2.05 bits per heavy atom. The third-order valence-electron chi connectivity index (χ3n) is 4.01. The maximum atomic E-state index is 12.9. The zero-order chi connectivity index (χ0) is 13.5. The lowest BCUT2D eigenvalue weighted by molar-refractivity contribution is -0.140. The van der Waals surface area contributed by atoms with Gasteiger partial charge in [-0.25, -0.2) is 4.98 Å². The summed E-state index contributed by atoms with van der Waals surface area (Å²) < 4.78 is 38.7. The van der Waals surface area contributed by atoms with Crippen LogP contribution in [0.4, 0.5) is 18.9 Å². The Bertz CT molecular complexity index is 464. The minimum absolute atomic E-state index is 0. The first-order chi connectivity index (χ1) is 9.00. The second-order valence-corrected chi connectivity index (χ2v) is 5.51. The second-order valence-electron chi connectivity index (χ2n) is 5.51. The van der Waals surface area contributed by atoms with Gasteiger partial charge in [0, 0.05) is 31.2 Å². The van der Waals surface area contributed by atoms with Crippen LogP contribution >= 0.6 is 12.4 Å². The molecule has 7 heteroatoms. The Morgan fingerprint density at radius 3 is 2.65 bits per heavy atom. The number of alkyl halides is 3. The van der Waals surface area contributed by atoms with E-state index < -0.39 is 11.9 Å². The number of aromatic nitrogens is 1. The lowest BCUT2D eigenvalue weighted by Gasteiger charge is -2.53. The van der Waals surface area contributed by atoms with Crippen molar-refractivity contribution < 1.29 is 13.2 Å². The van der Waals surface area contributed by atoms with E-state index in [9.17, 15) is 13.2 Å². The van der Waals surface area contributed by atoms with Crippen molar-refractivity contribution in [3.8, 4) is 0 Å². The lowest BCUT2D eigenvalue weighted by Crippen LogP contribution is -2.62. The zero-order valence-corrected chi connectivity index (χ0v) is 11.7. The first-order valence-corrected chi connectivity index (χ1v) is 6.48. The van der Waals surface area contributed by atoms with Crippen LogP contribution in [0, 0.1) is 5.41 Å². The van der Waals surface area contributed by atoms with Crippen LogP contribution in [0.1, 0.15) is 18.5 Å². The first kappa shape index (κ1) is 15.4. The van der Waals surface area contributed by atoms with E-state index in [1.54, 1.807) is 11.0 Å². The van der Waals surface area contributed by atoms with Gasteiger partial charge in [-0.1, -0.05) is 0 Å². The summed E-state index contributed by atoms with van der Waals surface area (Å²) in [5, 5.41) is 3.33. The van der Waals surface area contributed by atoms with Crippen molar-refractivity contribution in [2.75, 3.05) is 31.1 Å². The van der Waals surface area contributed by atoms with Crippen molar-refractivity contribution >= 4 is 18.1 Å². The Morgan fingerprint density at radius 1 is 1.30 bits per heavy atom. The smallest absolute Gasteiger partial charge is 0.368 e. The average Bonchev–Trinajstić information content (AvgIpc) is 2.36. The molecule has 2 fully saturated rings. The van der Waals surface area contributed by atoms with Crippen molar-refractivity contribution in [3.05, 3.63) is 24.0 Å². The number of piperidine rings is 1. The van der Waals surface area contributed by atoms with E-state index in [-0.39, 0.29) is 23.5 Å². The first-order valence-electron chi connectivity index (χ1n) is 6.48. The quantitative estimate of drug-likeness (QED) is 0.864. The molecule has 0 bridgehead atoms. The van der Waals surface area contributed by atoms with Crippen LogP contribution in [0.5, 0.6) is 0 Å². The summed E-state index contributed by atoms with van der Waals surface area (Å²) in [6.45, 7) is 3.30. The van der Waals surface area contributed by atoms with E-state index in [1.807, 2.05) is 0 Å². The van der Waals surface area contributed by atoms with Gasteiger partial charge < -0.3 is 10.2 Å². The number of halogens is 4. The van der Waals surface area contributed by atoms with Crippen molar-refractivity contribution in [1.29, 1.82) is 0 Å². The molecule has 3 nitrogen and oxygen atoms in total. The molecule has 1 N–H and O–H groups in total. The number of pyridine rings is 1. The van der Waals surface area contributed by atoms with Gasteiger partial charge in [-0.3, -0.25) is 0 Å². The summed E-state index contributed by atoms with van der Waals surface area (Å²) >= 11 is 0. The predicted molar refractivity (Wildman–Crippen MR) is 73.2 cm³/mol. The van der Waals surface area contributed by atoms with Crippen molar-refractivity contribution in [1.82, 2.24) is 10.3 Å². The highest BCUT2D eigenvalue weighted by Crippen LogP contribution is 2.43. The summed E-state index contributed by atoms with van der Waals surface area (Å²) in [7, 11) is 0. The van der Waals surface area contributed by atoms with Gasteiger partial charge in [0.2, 0.25) is 0 Å². The summed E-state index contributed by atoms with van der Waals surface area (Å²) in [5.74, 6) is 0. The third kappa shape index (κ3) is 2.72. The minimum Gasteiger partial charge on any atom is -0.368 e. The average molecular weight is 308 g/mol. The molecular weight excluding hydrogens is 291 g/mol. The Hall–Kier alpha value is -1.01. The molecule has 1 spiro atoms. The number of nitrogens with zero attached hydrogens (tertiary/aromatic N) is 2. The number of rotatable bonds is 1. The van der Waals surface area contributed by atoms with E-state index >= 15 is 0 Å². The van der Waals surface area contributed by atoms with E-state index in [1.165, 1.54) is 12.3 Å². The molecule has 0 atom stereocenters. The normalized spacial score (nSPS) is 21.2. The van der Waals surface area contributed by atoms with Crippen LogP contribution in [-0.4, -0.2) is 31.2 Å². The van der Waals surface area contributed by atoms with Crippen molar-refractivity contribution in [2.45, 2.75) is 19.0 Å². The molecule has 2 aliphatic rings. The highest BCUT2D eigenvalue weighted by Gasteiger charge is 2.46. The van der Waals surface area contributed by atoms with Crippen molar-refractivity contribution in [2.24, 2.45) is 5.41 Å². The van der Waals surface area contributed by atoms with E-state index in [2.05, 4.69) is 10.3 Å². The van der Waals surface area contributed by atoms with Gasteiger partial charge in [0.15, 0.2) is 5.69 Å². The van der Waals surface area contributed by atoms with Crippen LogP contribution in [0.2, 0.25) is 0 Å². The monoisotopic (exact) mass is 307 g/mol. The molecule has 1 aromatic heterocycles. The maximum absolute atomic E-state index is 12.9. The van der Waals surface area contributed by atoms with E-state index in [0.717, 1.165) is 25.9 Å². The summed E-state index contributed by atoms with van der Waals surface area (Å²) in [6, 6.07) is 3.08. The molecule has 0 saturated carbocycles. The molecule has 3 heterocycles. The molecule has 20 heavy (non-hydrogen) atoms. The van der Waals surface area contributed by atoms with Gasteiger partial charge in [-0.15, -0.1) is 12.4 Å². The van der Waals surface area contributed by atoms with Gasteiger partial charge in [-0.05, 0) is 31.5 Å². The fraction of sp³-hybridized carbons (Fsp3) is 0.615. The third-order valence-corrected chi connectivity index (χ3v) is 4.01. The molecule has 0 radical (unpaired) electrons. The lowest BCUT2D eigenvalue weighted by atomic mass is 9.73. The SMILES string of the molecule is Cl.FC(F)(F)c1ncccc1N1CC2(CCCNC2)C1. The maximum Gasteiger partial charge on any atom is 0.435 e. The molecule has 0 aromatic carbocycles. The molecule has 1 aromatic rings. The van der Waals surface area contributed by atoms with E-state index in [0.29, 0.717) is 13.1 Å². The molecule has 3 rings (SSSR count).